The lowest BCUT2D eigenvalue weighted by Gasteiger charge is -2.11. The van der Waals surface area contributed by atoms with Gasteiger partial charge in [-0.15, -0.1) is 0 Å². The molecule has 0 atom stereocenters. The molecule has 0 aliphatic carbocycles. The minimum absolute atomic E-state index is 0.0459. The van der Waals surface area contributed by atoms with E-state index in [1.54, 1.807) is 6.07 Å². The Morgan fingerprint density at radius 1 is 1.24 bits per heavy atom. The summed E-state index contributed by atoms with van der Waals surface area (Å²) in [5.41, 5.74) is 6.69. The standard InChI is InChI=1S/C11H15N7O3/c1-6(2)12-9-13-10(15-11(14-9)18-20)17-16-8(19)7-4-3-5-21-7/h3-6,20H,1-2H3,(H,16,19)(H3,12,13,14,15,17,18). The van der Waals surface area contributed by atoms with E-state index in [2.05, 4.69) is 31.1 Å². The van der Waals surface area contributed by atoms with Gasteiger partial charge in [-0.3, -0.25) is 20.9 Å². The van der Waals surface area contributed by atoms with E-state index in [1.807, 2.05) is 19.3 Å². The third-order valence-corrected chi connectivity index (χ3v) is 2.19. The quantitative estimate of drug-likeness (QED) is 0.490. The number of carbonyl (C=O) groups is 1. The first kappa shape index (κ1) is 14.5. The van der Waals surface area contributed by atoms with Crippen LogP contribution in [0.1, 0.15) is 24.4 Å². The van der Waals surface area contributed by atoms with E-state index >= 15 is 0 Å². The van der Waals surface area contributed by atoms with Crippen LogP contribution in [0.3, 0.4) is 0 Å². The first-order valence-electron chi connectivity index (χ1n) is 6.11. The van der Waals surface area contributed by atoms with Gasteiger partial charge in [0, 0.05) is 6.04 Å². The predicted molar refractivity (Wildman–Crippen MR) is 73.8 cm³/mol. The summed E-state index contributed by atoms with van der Waals surface area (Å²) >= 11 is 0. The molecule has 1 amide bonds. The SMILES string of the molecule is CC(C)Nc1nc(NO)nc(NNC(=O)c2ccco2)n1. The number of aromatic nitrogens is 3. The molecule has 2 rings (SSSR count). The number of hydrogen-bond acceptors (Lipinski definition) is 9. The van der Waals surface area contributed by atoms with Crippen LogP contribution in [0.5, 0.6) is 0 Å². The van der Waals surface area contributed by atoms with Gasteiger partial charge in [-0.2, -0.15) is 15.0 Å². The topological polar surface area (TPSA) is 137 Å². The molecular weight excluding hydrogens is 278 g/mol. The second-order valence-corrected chi connectivity index (χ2v) is 4.27. The molecule has 0 fully saturated rings. The van der Waals surface area contributed by atoms with Crippen molar-refractivity contribution < 1.29 is 14.4 Å². The van der Waals surface area contributed by atoms with Crippen molar-refractivity contribution in [3.8, 4) is 0 Å². The minimum atomic E-state index is -0.489. The molecule has 0 radical (unpaired) electrons. The molecule has 2 aromatic rings. The van der Waals surface area contributed by atoms with Crippen LogP contribution in [0.15, 0.2) is 22.8 Å². The van der Waals surface area contributed by atoms with Crippen LogP contribution >= 0.6 is 0 Å². The monoisotopic (exact) mass is 293 g/mol. The molecule has 0 saturated heterocycles. The van der Waals surface area contributed by atoms with Gasteiger partial charge in [-0.25, -0.2) is 5.48 Å². The number of carbonyl (C=O) groups excluding carboxylic acids is 1. The lowest BCUT2D eigenvalue weighted by atomic mass is 10.4. The van der Waals surface area contributed by atoms with Gasteiger partial charge in [-0.05, 0) is 26.0 Å². The summed E-state index contributed by atoms with van der Waals surface area (Å²) in [7, 11) is 0. The molecular formula is C11H15N7O3. The van der Waals surface area contributed by atoms with E-state index in [4.69, 9.17) is 9.62 Å². The highest BCUT2D eigenvalue weighted by Gasteiger charge is 2.10. The third-order valence-electron chi connectivity index (χ3n) is 2.19. The zero-order valence-corrected chi connectivity index (χ0v) is 11.4. The molecule has 2 aromatic heterocycles. The van der Waals surface area contributed by atoms with E-state index in [-0.39, 0.29) is 29.6 Å². The van der Waals surface area contributed by atoms with Crippen LogP contribution < -0.4 is 21.6 Å². The second-order valence-electron chi connectivity index (χ2n) is 4.27. The average Bonchev–Trinajstić information content (AvgIpc) is 2.98. The van der Waals surface area contributed by atoms with Crippen molar-refractivity contribution in [2.24, 2.45) is 0 Å². The molecule has 0 aliphatic heterocycles. The van der Waals surface area contributed by atoms with Gasteiger partial charge >= 0.3 is 5.91 Å². The Hall–Kier alpha value is -2.88. The summed E-state index contributed by atoms with van der Waals surface area (Å²) in [6.07, 6.45) is 1.39. The second kappa shape index (κ2) is 6.52. The predicted octanol–water partition coefficient (Wildman–Crippen LogP) is 0.843. The molecule has 112 valence electrons. The molecule has 10 nitrogen and oxygen atoms in total. The molecule has 21 heavy (non-hydrogen) atoms. The molecule has 5 N–H and O–H groups in total. The molecule has 0 spiro atoms. The molecule has 0 aromatic carbocycles. The Morgan fingerprint density at radius 3 is 2.57 bits per heavy atom. The highest BCUT2D eigenvalue weighted by molar-refractivity contribution is 5.91. The van der Waals surface area contributed by atoms with Crippen molar-refractivity contribution in [1.82, 2.24) is 20.4 Å². The van der Waals surface area contributed by atoms with Crippen molar-refractivity contribution >= 4 is 23.8 Å². The minimum Gasteiger partial charge on any atom is -0.459 e. The fourth-order valence-corrected chi connectivity index (χ4v) is 1.39. The van der Waals surface area contributed by atoms with E-state index in [0.717, 1.165) is 0 Å². The highest BCUT2D eigenvalue weighted by atomic mass is 16.5. The summed E-state index contributed by atoms with van der Waals surface area (Å²) in [5, 5.41) is 11.8. The van der Waals surface area contributed by atoms with E-state index in [1.165, 1.54) is 12.3 Å². The molecule has 0 bridgehead atoms. The lowest BCUT2D eigenvalue weighted by molar-refractivity contribution is 0.0935. The third kappa shape index (κ3) is 4.04. The van der Waals surface area contributed by atoms with Crippen molar-refractivity contribution in [2.45, 2.75) is 19.9 Å². The number of hydrazine groups is 1. The first-order valence-corrected chi connectivity index (χ1v) is 6.11. The van der Waals surface area contributed by atoms with Crippen LogP contribution in [-0.4, -0.2) is 32.1 Å². The number of nitrogens with one attached hydrogen (secondary N) is 4. The van der Waals surface area contributed by atoms with Crippen LogP contribution in [0.25, 0.3) is 0 Å². The maximum Gasteiger partial charge on any atom is 0.305 e. The van der Waals surface area contributed by atoms with Gasteiger partial charge in [0.05, 0.1) is 6.26 Å². The fourth-order valence-electron chi connectivity index (χ4n) is 1.39. The number of amides is 1. The van der Waals surface area contributed by atoms with Crippen molar-refractivity contribution in [3.63, 3.8) is 0 Å². The van der Waals surface area contributed by atoms with Crippen LogP contribution in [0.2, 0.25) is 0 Å². The maximum absolute atomic E-state index is 11.7. The summed E-state index contributed by atoms with van der Waals surface area (Å²) < 4.78 is 4.94. The molecule has 10 heteroatoms. The summed E-state index contributed by atoms with van der Waals surface area (Å²) in [5.74, 6) is -0.131. The largest absolute Gasteiger partial charge is 0.459 e. The summed E-state index contributed by atoms with van der Waals surface area (Å²) in [6.45, 7) is 3.81. The first-order chi connectivity index (χ1) is 10.1. The van der Waals surface area contributed by atoms with Crippen molar-refractivity contribution in [3.05, 3.63) is 24.2 Å². The van der Waals surface area contributed by atoms with Gasteiger partial charge in [0.25, 0.3) is 5.95 Å². The lowest BCUT2D eigenvalue weighted by Crippen LogP contribution is -2.30. The zero-order chi connectivity index (χ0) is 15.2. The van der Waals surface area contributed by atoms with Gasteiger partial charge in [0.1, 0.15) is 0 Å². The summed E-state index contributed by atoms with van der Waals surface area (Å²) in [6, 6.07) is 3.19. The van der Waals surface area contributed by atoms with E-state index in [9.17, 15) is 4.79 Å². The number of rotatable bonds is 6. The van der Waals surface area contributed by atoms with Crippen LogP contribution in [-0.2, 0) is 0 Å². The number of furan rings is 1. The Balaban J connectivity index is 2.06. The van der Waals surface area contributed by atoms with Crippen LogP contribution in [0, 0.1) is 0 Å². The number of nitrogens with zero attached hydrogens (tertiary/aromatic N) is 3. The smallest absolute Gasteiger partial charge is 0.305 e. The van der Waals surface area contributed by atoms with Gasteiger partial charge in [-0.1, -0.05) is 0 Å². The van der Waals surface area contributed by atoms with E-state index in [0.29, 0.717) is 0 Å². The van der Waals surface area contributed by atoms with Gasteiger partial charge in [0.2, 0.25) is 11.9 Å². The summed E-state index contributed by atoms with van der Waals surface area (Å²) in [4.78, 5) is 23.4. The Kier molecular flexibility index (Phi) is 4.51. The number of anilines is 3. The molecule has 0 aliphatic rings. The van der Waals surface area contributed by atoms with Gasteiger partial charge < -0.3 is 9.73 Å². The normalized spacial score (nSPS) is 10.3. The maximum atomic E-state index is 11.7. The Bertz CT molecular complexity index is 600. The Morgan fingerprint density at radius 2 is 1.95 bits per heavy atom. The molecule has 2 heterocycles. The number of hydrogen-bond donors (Lipinski definition) is 5. The van der Waals surface area contributed by atoms with Crippen LogP contribution in [0.4, 0.5) is 17.8 Å². The Labute approximate surface area is 119 Å². The van der Waals surface area contributed by atoms with Gasteiger partial charge in [0.15, 0.2) is 5.76 Å². The van der Waals surface area contributed by atoms with Crippen molar-refractivity contribution in [2.75, 3.05) is 16.2 Å². The molecule has 0 unspecified atom stereocenters. The average molecular weight is 293 g/mol. The fraction of sp³-hybridized carbons (Fsp3) is 0.273. The zero-order valence-electron chi connectivity index (χ0n) is 11.4. The van der Waals surface area contributed by atoms with Crippen molar-refractivity contribution in [1.29, 1.82) is 0 Å². The molecule has 0 saturated carbocycles. The van der Waals surface area contributed by atoms with E-state index < -0.39 is 5.91 Å². The highest BCUT2D eigenvalue weighted by Crippen LogP contribution is 2.09.